The summed E-state index contributed by atoms with van der Waals surface area (Å²) in [6, 6.07) is 0. The molecule has 0 aromatic carbocycles. The summed E-state index contributed by atoms with van der Waals surface area (Å²) in [5.41, 5.74) is 0. The minimum atomic E-state index is -2.29. The molecule has 0 aliphatic carbocycles. The fourth-order valence-electron chi connectivity index (χ4n) is 1.20. The summed E-state index contributed by atoms with van der Waals surface area (Å²) < 4.78 is 17.5. The number of hydrogen-bond acceptors (Lipinski definition) is 2. The van der Waals surface area contributed by atoms with Crippen LogP contribution in [0.1, 0.15) is 40.5 Å². The summed E-state index contributed by atoms with van der Waals surface area (Å²) in [4.78, 5) is 0. The third-order valence-electron chi connectivity index (χ3n) is 1.95. The molecule has 0 heterocycles. The van der Waals surface area contributed by atoms with Crippen LogP contribution in [0.25, 0.3) is 0 Å². The average Bonchev–Trinajstić information content (AvgIpc) is 2.04. The molecule has 0 N–H and O–H groups in total. The average molecular weight is 206 g/mol. The van der Waals surface area contributed by atoms with E-state index in [0.717, 1.165) is 19.0 Å². The molecule has 0 aliphatic heterocycles. The van der Waals surface area contributed by atoms with Crippen LogP contribution in [0.2, 0.25) is 0 Å². The maximum atomic E-state index is 12.0. The van der Waals surface area contributed by atoms with Gasteiger partial charge in [0.1, 0.15) is 0 Å². The van der Waals surface area contributed by atoms with Crippen LogP contribution in [0.5, 0.6) is 0 Å². The smallest absolute Gasteiger partial charge is 0.203 e. The van der Waals surface area contributed by atoms with Crippen molar-refractivity contribution in [3.63, 3.8) is 0 Å². The molecule has 3 heteroatoms. The van der Waals surface area contributed by atoms with Gasteiger partial charge in [-0.1, -0.05) is 34.1 Å². The summed E-state index contributed by atoms with van der Waals surface area (Å²) >= 11 is 0. The van der Waals surface area contributed by atoms with E-state index in [1.54, 1.807) is 0 Å². The van der Waals surface area contributed by atoms with Crippen molar-refractivity contribution in [3.8, 4) is 0 Å². The molecule has 0 fully saturated rings. The van der Waals surface area contributed by atoms with E-state index in [-0.39, 0.29) is 0 Å². The Bertz CT molecular complexity index is 166. The van der Waals surface area contributed by atoms with Gasteiger partial charge < -0.3 is 4.52 Å². The fourth-order valence-corrected chi connectivity index (χ4v) is 3.33. The second-order valence-corrected chi connectivity index (χ2v) is 6.78. The monoisotopic (exact) mass is 206 g/mol. The van der Waals surface area contributed by atoms with Gasteiger partial charge in [0.15, 0.2) is 0 Å². The molecule has 1 atom stereocenters. The van der Waals surface area contributed by atoms with Gasteiger partial charge in [-0.15, -0.1) is 0 Å². The first-order valence-electron chi connectivity index (χ1n) is 5.26. The van der Waals surface area contributed by atoms with Gasteiger partial charge >= 0.3 is 0 Å². The van der Waals surface area contributed by atoms with E-state index in [2.05, 4.69) is 20.8 Å². The topological polar surface area (TPSA) is 26.3 Å². The van der Waals surface area contributed by atoms with Crippen molar-refractivity contribution in [2.24, 2.45) is 5.92 Å². The molecular formula is C10H23O2P. The van der Waals surface area contributed by atoms with Crippen molar-refractivity contribution < 1.29 is 9.09 Å². The van der Waals surface area contributed by atoms with Crippen LogP contribution in [0, 0.1) is 5.92 Å². The van der Waals surface area contributed by atoms with Gasteiger partial charge in [-0.3, -0.25) is 4.57 Å². The maximum absolute atomic E-state index is 12.0. The van der Waals surface area contributed by atoms with Crippen LogP contribution >= 0.6 is 7.37 Å². The highest BCUT2D eigenvalue weighted by atomic mass is 31.2. The summed E-state index contributed by atoms with van der Waals surface area (Å²) in [6.45, 7) is 8.91. The van der Waals surface area contributed by atoms with Gasteiger partial charge in [-0.25, -0.2) is 0 Å². The molecule has 2 nitrogen and oxygen atoms in total. The van der Waals surface area contributed by atoms with E-state index in [9.17, 15) is 4.57 Å². The zero-order valence-electron chi connectivity index (χ0n) is 9.38. The van der Waals surface area contributed by atoms with Crippen LogP contribution < -0.4 is 0 Å². The molecule has 0 amide bonds. The van der Waals surface area contributed by atoms with Gasteiger partial charge in [0.25, 0.3) is 0 Å². The van der Waals surface area contributed by atoms with E-state index in [0.29, 0.717) is 18.7 Å². The molecule has 0 aromatic heterocycles. The second kappa shape index (κ2) is 6.62. The van der Waals surface area contributed by atoms with Crippen molar-refractivity contribution in [1.29, 1.82) is 0 Å². The lowest BCUT2D eigenvalue weighted by molar-refractivity contribution is 0.304. The Morgan fingerprint density at radius 1 is 1.31 bits per heavy atom. The first-order valence-corrected chi connectivity index (χ1v) is 7.26. The van der Waals surface area contributed by atoms with Gasteiger partial charge in [-0.05, 0) is 12.3 Å². The molecule has 1 unspecified atom stereocenters. The molecule has 0 spiro atoms. The number of unbranched alkanes of at least 4 members (excludes halogenated alkanes) is 1. The van der Waals surface area contributed by atoms with Crippen LogP contribution in [0.4, 0.5) is 0 Å². The predicted octanol–water partition coefficient (Wildman–Crippen LogP) is 3.76. The molecule has 0 radical (unpaired) electrons. The largest absolute Gasteiger partial charge is 0.328 e. The van der Waals surface area contributed by atoms with Crippen LogP contribution in [-0.2, 0) is 9.09 Å². The Morgan fingerprint density at radius 2 is 1.92 bits per heavy atom. The maximum Gasteiger partial charge on any atom is 0.203 e. The zero-order chi connectivity index (χ0) is 10.3. The fraction of sp³-hybridized carbons (Fsp3) is 1.00. The highest BCUT2D eigenvalue weighted by molar-refractivity contribution is 7.58. The Balaban J connectivity index is 3.89. The third kappa shape index (κ3) is 6.29. The Morgan fingerprint density at radius 3 is 2.31 bits per heavy atom. The van der Waals surface area contributed by atoms with E-state index in [4.69, 9.17) is 4.52 Å². The van der Waals surface area contributed by atoms with E-state index >= 15 is 0 Å². The summed E-state index contributed by atoms with van der Waals surface area (Å²) in [5, 5.41) is 0. The van der Waals surface area contributed by atoms with Gasteiger partial charge in [0, 0.05) is 12.3 Å². The summed E-state index contributed by atoms with van der Waals surface area (Å²) in [6.07, 6.45) is 3.52. The van der Waals surface area contributed by atoms with Crippen molar-refractivity contribution in [1.82, 2.24) is 0 Å². The first-order chi connectivity index (χ1) is 6.04. The van der Waals surface area contributed by atoms with Crippen LogP contribution in [0.15, 0.2) is 0 Å². The van der Waals surface area contributed by atoms with E-state index in [1.807, 2.05) is 6.92 Å². The minimum Gasteiger partial charge on any atom is -0.328 e. The summed E-state index contributed by atoms with van der Waals surface area (Å²) in [5.74, 6) is 0.465. The van der Waals surface area contributed by atoms with Crippen molar-refractivity contribution in [3.05, 3.63) is 0 Å². The lowest BCUT2D eigenvalue weighted by Gasteiger charge is -2.18. The molecule has 0 aliphatic rings. The van der Waals surface area contributed by atoms with Crippen molar-refractivity contribution in [2.75, 3.05) is 18.9 Å². The molecule has 80 valence electrons. The van der Waals surface area contributed by atoms with Crippen LogP contribution in [-0.4, -0.2) is 18.9 Å². The predicted molar refractivity (Wildman–Crippen MR) is 58.7 cm³/mol. The van der Waals surface area contributed by atoms with E-state index in [1.165, 1.54) is 0 Å². The normalized spacial score (nSPS) is 16.1. The lowest BCUT2D eigenvalue weighted by Crippen LogP contribution is -2.04. The SMILES string of the molecule is CCCCOP(=O)(CC)CC(C)C. The van der Waals surface area contributed by atoms with Gasteiger partial charge in [0.05, 0.1) is 6.61 Å². The first kappa shape index (κ1) is 13.2. The highest BCUT2D eigenvalue weighted by Crippen LogP contribution is 2.48. The Kier molecular flexibility index (Phi) is 6.71. The molecular weight excluding hydrogens is 183 g/mol. The van der Waals surface area contributed by atoms with Crippen molar-refractivity contribution >= 4 is 7.37 Å². The van der Waals surface area contributed by atoms with E-state index < -0.39 is 7.37 Å². The standard InChI is InChI=1S/C10H23O2P/c1-5-7-8-12-13(11,6-2)9-10(3)4/h10H,5-9H2,1-4H3. The van der Waals surface area contributed by atoms with Crippen LogP contribution in [0.3, 0.4) is 0 Å². The highest BCUT2D eigenvalue weighted by Gasteiger charge is 2.21. The number of rotatable bonds is 7. The Labute approximate surface area is 82.5 Å². The molecule has 0 saturated carbocycles. The Hall–Kier alpha value is 0.190. The second-order valence-electron chi connectivity index (χ2n) is 3.89. The molecule has 0 bridgehead atoms. The number of hydrogen-bond donors (Lipinski definition) is 0. The summed E-state index contributed by atoms with van der Waals surface area (Å²) in [7, 11) is -2.29. The molecule has 0 aromatic rings. The lowest BCUT2D eigenvalue weighted by atomic mass is 10.3. The zero-order valence-corrected chi connectivity index (χ0v) is 10.3. The quantitative estimate of drug-likeness (QED) is 0.468. The molecule has 13 heavy (non-hydrogen) atoms. The molecule has 0 rings (SSSR count). The third-order valence-corrected chi connectivity index (χ3v) is 4.85. The molecule has 0 saturated heterocycles. The van der Waals surface area contributed by atoms with Gasteiger partial charge in [0.2, 0.25) is 7.37 Å². The van der Waals surface area contributed by atoms with Gasteiger partial charge in [-0.2, -0.15) is 0 Å². The minimum absolute atomic E-state index is 0.465. The van der Waals surface area contributed by atoms with Crippen molar-refractivity contribution in [2.45, 2.75) is 40.5 Å².